The lowest BCUT2D eigenvalue weighted by Gasteiger charge is -2.38. The van der Waals surface area contributed by atoms with Crippen LogP contribution >= 0.6 is 11.3 Å². The van der Waals surface area contributed by atoms with Gasteiger partial charge in [-0.05, 0) is 78.1 Å². The number of hydrogen-bond acceptors (Lipinski definition) is 4. The van der Waals surface area contributed by atoms with Gasteiger partial charge in [0.25, 0.3) is 0 Å². The van der Waals surface area contributed by atoms with E-state index in [1.165, 1.54) is 21.3 Å². The van der Waals surface area contributed by atoms with E-state index in [9.17, 15) is 17.6 Å². The van der Waals surface area contributed by atoms with Gasteiger partial charge in [0, 0.05) is 17.5 Å². The van der Waals surface area contributed by atoms with Crippen molar-refractivity contribution < 1.29 is 17.6 Å². The number of amides is 1. The molecule has 8 heteroatoms. The van der Waals surface area contributed by atoms with E-state index in [0.717, 1.165) is 16.7 Å². The lowest BCUT2D eigenvalue weighted by atomic mass is 9.87. The maximum atomic E-state index is 13.7. The zero-order chi connectivity index (χ0) is 26.3. The molecule has 0 spiro atoms. The van der Waals surface area contributed by atoms with E-state index in [0.29, 0.717) is 13.0 Å². The van der Waals surface area contributed by atoms with Crippen molar-refractivity contribution in [1.29, 1.82) is 0 Å². The quantitative estimate of drug-likeness (QED) is 0.409. The molecule has 2 aromatic carbocycles. The van der Waals surface area contributed by atoms with Gasteiger partial charge in [-0.1, -0.05) is 45.0 Å². The molecule has 1 aliphatic rings. The summed E-state index contributed by atoms with van der Waals surface area (Å²) in [5, 5.41) is 2.00. The Morgan fingerprint density at radius 2 is 1.72 bits per heavy atom. The second kappa shape index (κ2) is 10.1. The van der Waals surface area contributed by atoms with Crippen LogP contribution < -0.4 is 0 Å². The Balaban J connectivity index is 1.64. The molecule has 0 saturated carbocycles. The summed E-state index contributed by atoms with van der Waals surface area (Å²) in [4.78, 5) is 16.8. The lowest BCUT2D eigenvalue weighted by Crippen LogP contribution is -2.48. The molecule has 1 amide bonds. The van der Waals surface area contributed by atoms with Crippen LogP contribution in [0.3, 0.4) is 0 Å². The molecule has 0 N–H and O–H groups in total. The second-order valence-corrected chi connectivity index (χ2v) is 13.4. The number of carbonyl (C=O) groups excluding carboxylic acids is 1. The van der Waals surface area contributed by atoms with E-state index < -0.39 is 16.1 Å². The van der Waals surface area contributed by atoms with Gasteiger partial charge in [-0.2, -0.15) is 4.31 Å². The molecule has 0 bridgehead atoms. The number of rotatable bonds is 6. The zero-order valence-corrected chi connectivity index (χ0v) is 23.0. The number of carbonyl (C=O) groups is 1. The van der Waals surface area contributed by atoms with Crippen LogP contribution in [-0.4, -0.2) is 42.7 Å². The highest BCUT2D eigenvalue weighted by Crippen LogP contribution is 2.38. The largest absolute Gasteiger partial charge is 0.330 e. The fourth-order valence-electron chi connectivity index (χ4n) is 4.62. The summed E-state index contributed by atoms with van der Waals surface area (Å²) < 4.78 is 42.1. The van der Waals surface area contributed by atoms with Crippen molar-refractivity contribution in [3.63, 3.8) is 0 Å². The van der Waals surface area contributed by atoms with Crippen LogP contribution in [0, 0.1) is 5.82 Å². The molecular weight excluding hydrogens is 495 g/mol. The first-order valence-corrected chi connectivity index (χ1v) is 14.4. The Morgan fingerprint density at radius 3 is 2.31 bits per heavy atom. The van der Waals surface area contributed by atoms with E-state index in [1.807, 2.05) is 23.6 Å². The molecule has 5 nitrogen and oxygen atoms in total. The number of fused-ring (bicyclic) bond motifs is 1. The number of thiophene rings is 1. The van der Waals surface area contributed by atoms with E-state index in [2.05, 4.69) is 20.8 Å². The molecule has 3 aromatic rings. The van der Waals surface area contributed by atoms with Crippen LogP contribution in [-0.2, 0) is 26.7 Å². The minimum Gasteiger partial charge on any atom is -0.330 e. The van der Waals surface area contributed by atoms with Crippen LogP contribution in [0.15, 0.2) is 64.9 Å². The Morgan fingerprint density at radius 1 is 1.08 bits per heavy atom. The first-order valence-electron chi connectivity index (χ1n) is 12.1. The number of sulfonamides is 1. The van der Waals surface area contributed by atoms with Gasteiger partial charge in [0.05, 0.1) is 17.5 Å². The molecule has 1 atom stereocenters. The first kappa shape index (κ1) is 26.5. The monoisotopic (exact) mass is 528 g/mol. The van der Waals surface area contributed by atoms with Crippen LogP contribution in [0.5, 0.6) is 0 Å². The molecule has 1 aliphatic heterocycles. The minimum absolute atomic E-state index is 0.0971. The first-order chi connectivity index (χ1) is 16.9. The average Bonchev–Trinajstić information content (AvgIpc) is 3.30. The third-order valence-electron chi connectivity index (χ3n) is 6.67. The zero-order valence-electron chi connectivity index (χ0n) is 21.4. The molecule has 0 radical (unpaired) electrons. The number of halogens is 1. The van der Waals surface area contributed by atoms with Crippen molar-refractivity contribution in [2.45, 2.75) is 63.4 Å². The van der Waals surface area contributed by atoms with E-state index >= 15 is 0 Å². The summed E-state index contributed by atoms with van der Waals surface area (Å²) in [5.74, 6) is -0.614. The third kappa shape index (κ3) is 5.26. The highest BCUT2D eigenvalue weighted by atomic mass is 32.2. The third-order valence-corrected chi connectivity index (χ3v) is 9.70. The van der Waals surface area contributed by atoms with Gasteiger partial charge in [-0.25, -0.2) is 12.8 Å². The van der Waals surface area contributed by atoms with Crippen molar-refractivity contribution in [3.8, 4) is 0 Å². The molecule has 0 saturated heterocycles. The number of hydrogen-bond donors (Lipinski definition) is 0. The summed E-state index contributed by atoms with van der Waals surface area (Å²) in [7, 11) is -3.90. The van der Waals surface area contributed by atoms with Gasteiger partial charge in [0.15, 0.2) is 0 Å². The van der Waals surface area contributed by atoms with Gasteiger partial charge >= 0.3 is 0 Å². The van der Waals surface area contributed by atoms with Crippen molar-refractivity contribution >= 4 is 27.3 Å². The molecule has 1 unspecified atom stereocenters. The predicted octanol–water partition coefficient (Wildman–Crippen LogP) is 5.76. The summed E-state index contributed by atoms with van der Waals surface area (Å²) in [5.41, 5.74) is 2.76. The van der Waals surface area contributed by atoms with Gasteiger partial charge < -0.3 is 4.90 Å². The molecule has 2 heterocycles. The summed E-state index contributed by atoms with van der Waals surface area (Å²) >= 11 is 1.65. The molecule has 0 aliphatic carbocycles. The minimum atomic E-state index is -3.90. The number of nitrogens with zero attached hydrogens (tertiary/aromatic N) is 2. The van der Waals surface area contributed by atoms with Crippen molar-refractivity contribution in [1.82, 2.24) is 9.21 Å². The summed E-state index contributed by atoms with van der Waals surface area (Å²) in [6.45, 7) is 9.98. The molecule has 1 aromatic heterocycles. The standard InChI is InChI=1S/C28H33FN2O3S2/c1-19(2)31(36(33,34)23-12-8-21(9-13-23)28(3,4)5)18-26(32)30-16-14-25-24(15-17-35-25)27(30)20-6-10-22(29)11-7-20/h6-13,15,17,19,27H,14,16,18H2,1-5H3. The van der Waals surface area contributed by atoms with Gasteiger partial charge in [-0.3, -0.25) is 4.79 Å². The normalized spacial score (nSPS) is 16.4. The number of benzene rings is 2. The smallest absolute Gasteiger partial charge is 0.243 e. The summed E-state index contributed by atoms with van der Waals surface area (Å²) in [6.07, 6.45) is 0.707. The average molecular weight is 529 g/mol. The predicted molar refractivity (Wildman–Crippen MR) is 142 cm³/mol. The van der Waals surface area contributed by atoms with Gasteiger partial charge in [-0.15, -0.1) is 11.3 Å². The summed E-state index contributed by atoms with van der Waals surface area (Å²) in [6, 6.07) is 14.3. The molecule has 192 valence electrons. The van der Waals surface area contributed by atoms with Crippen LogP contribution in [0.4, 0.5) is 4.39 Å². The van der Waals surface area contributed by atoms with Crippen LogP contribution in [0.1, 0.15) is 62.2 Å². The fourth-order valence-corrected chi connectivity index (χ4v) is 7.11. The highest BCUT2D eigenvalue weighted by Gasteiger charge is 2.36. The van der Waals surface area contributed by atoms with Gasteiger partial charge in [0.2, 0.25) is 15.9 Å². The SMILES string of the molecule is CC(C)N(CC(=O)N1CCc2sccc2C1c1ccc(F)cc1)S(=O)(=O)c1ccc(C(C)(C)C)cc1. The lowest BCUT2D eigenvalue weighted by molar-refractivity contribution is -0.133. The van der Waals surface area contributed by atoms with Crippen molar-refractivity contribution in [3.05, 3.63) is 87.4 Å². The Labute approximate surface area is 217 Å². The van der Waals surface area contributed by atoms with Crippen LogP contribution in [0.25, 0.3) is 0 Å². The van der Waals surface area contributed by atoms with E-state index in [-0.39, 0.29) is 34.6 Å². The highest BCUT2D eigenvalue weighted by molar-refractivity contribution is 7.89. The van der Waals surface area contributed by atoms with Crippen molar-refractivity contribution in [2.75, 3.05) is 13.1 Å². The van der Waals surface area contributed by atoms with Crippen molar-refractivity contribution in [2.24, 2.45) is 0 Å². The maximum Gasteiger partial charge on any atom is 0.243 e. The Kier molecular flexibility index (Phi) is 7.42. The molecule has 4 rings (SSSR count). The topological polar surface area (TPSA) is 57.7 Å². The molecular formula is C28H33FN2O3S2. The second-order valence-electron chi connectivity index (χ2n) is 10.5. The van der Waals surface area contributed by atoms with E-state index in [4.69, 9.17) is 0 Å². The molecule has 0 fully saturated rings. The van der Waals surface area contributed by atoms with E-state index in [1.54, 1.807) is 54.3 Å². The Bertz CT molecular complexity index is 1320. The molecule has 36 heavy (non-hydrogen) atoms. The maximum absolute atomic E-state index is 13.7. The fraction of sp³-hybridized carbons (Fsp3) is 0.393. The van der Waals surface area contributed by atoms with Crippen LogP contribution in [0.2, 0.25) is 0 Å². The van der Waals surface area contributed by atoms with Gasteiger partial charge in [0.1, 0.15) is 5.82 Å². The Hall–Kier alpha value is -2.55.